The molecule has 0 radical (unpaired) electrons. The first-order chi connectivity index (χ1) is 9.53. The van der Waals surface area contributed by atoms with Gasteiger partial charge in [0.25, 0.3) is 10.0 Å². The van der Waals surface area contributed by atoms with E-state index in [9.17, 15) is 8.42 Å². The maximum Gasteiger partial charge on any atom is 0.263 e. The largest absolute Gasteiger partial charge is 0.320 e. The molecule has 7 nitrogen and oxygen atoms in total. The van der Waals surface area contributed by atoms with E-state index in [1.807, 2.05) is 0 Å². The van der Waals surface area contributed by atoms with Crippen molar-refractivity contribution in [2.24, 2.45) is 5.73 Å². The Morgan fingerprint density at radius 1 is 1.45 bits per heavy atom. The van der Waals surface area contributed by atoms with E-state index in [-0.39, 0.29) is 16.6 Å². The molecule has 20 heavy (non-hydrogen) atoms. The third kappa shape index (κ3) is 3.30. The van der Waals surface area contributed by atoms with Crippen LogP contribution < -0.4 is 10.5 Å². The van der Waals surface area contributed by atoms with Crippen molar-refractivity contribution >= 4 is 26.7 Å². The SMILES string of the molecule is Cc1cc(S(=O)(=O)Nc2nnns2)ccc1C#CCN. The van der Waals surface area contributed by atoms with E-state index in [2.05, 4.69) is 31.4 Å². The molecule has 0 aliphatic carbocycles. The van der Waals surface area contributed by atoms with E-state index in [4.69, 9.17) is 5.73 Å². The van der Waals surface area contributed by atoms with Gasteiger partial charge in [0, 0.05) is 17.1 Å². The van der Waals surface area contributed by atoms with Crippen LogP contribution in [0.4, 0.5) is 5.13 Å². The van der Waals surface area contributed by atoms with Crippen molar-refractivity contribution in [1.29, 1.82) is 0 Å². The molecule has 0 spiro atoms. The molecule has 2 aromatic rings. The lowest BCUT2D eigenvalue weighted by Crippen LogP contribution is -2.13. The van der Waals surface area contributed by atoms with Crippen LogP contribution in [0.2, 0.25) is 0 Å². The number of aromatic nitrogens is 3. The second kappa shape index (κ2) is 5.96. The maximum absolute atomic E-state index is 12.1. The van der Waals surface area contributed by atoms with Crippen LogP contribution in [0, 0.1) is 18.8 Å². The van der Waals surface area contributed by atoms with Crippen LogP contribution >= 0.6 is 11.5 Å². The Kier molecular flexibility index (Phi) is 4.29. The zero-order chi connectivity index (χ0) is 14.6. The summed E-state index contributed by atoms with van der Waals surface area (Å²) in [5.41, 5.74) is 6.80. The Hall–Kier alpha value is -2.02. The van der Waals surface area contributed by atoms with E-state index < -0.39 is 10.0 Å². The van der Waals surface area contributed by atoms with Gasteiger partial charge >= 0.3 is 0 Å². The third-order valence-electron chi connectivity index (χ3n) is 2.35. The Morgan fingerprint density at radius 2 is 2.25 bits per heavy atom. The van der Waals surface area contributed by atoms with Gasteiger partial charge in [0.15, 0.2) is 0 Å². The minimum Gasteiger partial charge on any atom is -0.320 e. The van der Waals surface area contributed by atoms with Gasteiger partial charge in [0.1, 0.15) is 0 Å². The molecule has 0 aliphatic heterocycles. The first-order valence-electron chi connectivity index (χ1n) is 5.50. The number of nitrogens with two attached hydrogens (primary N) is 1. The van der Waals surface area contributed by atoms with Crippen molar-refractivity contribution in [2.75, 3.05) is 11.3 Å². The predicted octanol–water partition coefficient (Wildman–Crippen LogP) is 0.353. The van der Waals surface area contributed by atoms with Gasteiger partial charge in [-0.05, 0) is 35.9 Å². The van der Waals surface area contributed by atoms with Crippen molar-refractivity contribution in [1.82, 2.24) is 14.8 Å². The number of sulfonamides is 1. The van der Waals surface area contributed by atoms with Crippen LogP contribution in [0.15, 0.2) is 23.1 Å². The molecule has 1 heterocycles. The minimum absolute atomic E-state index is 0.120. The summed E-state index contributed by atoms with van der Waals surface area (Å²) in [6, 6.07) is 4.66. The van der Waals surface area contributed by atoms with Crippen molar-refractivity contribution in [3.63, 3.8) is 0 Å². The maximum atomic E-state index is 12.1. The second-order valence-corrected chi connectivity index (χ2v) is 6.17. The number of nitrogens with zero attached hydrogens (tertiary/aromatic N) is 3. The average molecular weight is 309 g/mol. The van der Waals surface area contributed by atoms with Gasteiger partial charge in [-0.15, -0.1) is 0 Å². The highest BCUT2D eigenvalue weighted by atomic mass is 32.2. The van der Waals surface area contributed by atoms with E-state index in [0.29, 0.717) is 0 Å². The normalized spacial score (nSPS) is 10.7. The lowest BCUT2D eigenvalue weighted by molar-refractivity contribution is 0.601. The quantitative estimate of drug-likeness (QED) is 0.792. The smallest absolute Gasteiger partial charge is 0.263 e. The molecule has 0 bridgehead atoms. The van der Waals surface area contributed by atoms with Crippen molar-refractivity contribution < 1.29 is 8.42 Å². The van der Waals surface area contributed by atoms with Gasteiger partial charge in [0.2, 0.25) is 5.13 Å². The molecule has 0 aliphatic rings. The third-order valence-corrected chi connectivity index (χ3v) is 4.33. The molecule has 0 atom stereocenters. The number of rotatable bonds is 3. The number of benzene rings is 1. The Labute approximate surface area is 120 Å². The number of hydrogen-bond acceptors (Lipinski definition) is 7. The Bertz CT molecular complexity index is 760. The molecule has 1 aromatic heterocycles. The van der Waals surface area contributed by atoms with Crippen LogP contribution in [-0.4, -0.2) is 29.8 Å². The van der Waals surface area contributed by atoms with Crippen LogP contribution in [0.1, 0.15) is 11.1 Å². The van der Waals surface area contributed by atoms with Crippen LogP contribution in [0.3, 0.4) is 0 Å². The molecule has 0 saturated carbocycles. The number of aryl methyl sites for hydroxylation is 1. The molecule has 0 saturated heterocycles. The number of hydrogen-bond donors (Lipinski definition) is 2. The lowest BCUT2D eigenvalue weighted by Gasteiger charge is -2.06. The molecular formula is C11H11N5O2S2. The molecular weight excluding hydrogens is 298 g/mol. The fraction of sp³-hybridized carbons (Fsp3) is 0.182. The average Bonchev–Trinajstić information content (AvgIpc) is 2.89. The topological polar surface area (TPSA) is 111 Å². The summed E-state index contributed by atoms with van der Waals surface area (Å²) in [6.07, 6.45) is 0. The zero-order valence-corrected chi connectivity index (χ0v) is 12.1. The molecule has 1 aromatic carbocycles. The molecule has 0 unspecified atom stereocenters. The highest BCUT2D eigenvalue weighted by Crippen LogP contribution is 2.18. The monoisotopic (exact) mass is 309 g/mol. The van der Waals surface area contributed by atoms with Crippen LogP contribution in [-0.2, 0) is 10.0 Å². The van der Waals surface area contributed by atoms with E-state index in [1.165, 1.54) is 12.1 Å². The summed E-state index contributed by atoms with van der Waals surface area (Å²) in [7, 11) is -3.70. The summed E-state index contributed by atoms with van der Waals surface area (Å²) in [4.78, 5) is 0.128. The zero-order valence-electron chi connectivity index (χ0n) is 10.5. The Balaban J connectivity index is 2.31. The molecule has 9 heteroatoms. The van der Waals surface area contributed by atoms with Gasteiger partial charge < -0.3 is 5.73 Å². The summed E-state index contributed by atoms with van der Waals surface area (Å²) < 4.78 is 30.0. The van der Waals surface area contributed by atoms with Gasteiger partial charge in [-0.1, -0.05) is 21.4 Å². The van der Waals surface area contributed by atoms with Gasteiger partial charge in [-0.25, -0.2) is 8.42 Å². The van der Waals surface area contributed by atoms with Crippen LogP contribution in [0.5, 0.6) is 0 Å². The van der Waals surface area contributed by atoms with Crippen molar-refractivity contribution in [3.8, 4) is 11.8 Å². The highest BCUT2D eigenvalue weighted by Gasteiger charge is 2.16. The summed E-state index contributed by atoms with van der Waals surface area (Å²) >= 11 is 0.864. The summed E-state index contributed by atoms with van der Waals surface area (Å²) in [6.45, 7) is 2.04. The Morgan fingerprint density at radius 3 is 2.85 bits per heavy atom. The molecule has 104 valence electrons. The molecule has 0 fully saturated rings. The number of nitrogens with one attached hydrogen (secondary N) is 1. The van der Waals surface area contributed by atoms with E-state index in [0.717, 1.165) is 22.7 Å². The molecule has 3 N–H and O–H groups in total. The molecule has 0 amide bonds. The molecule has 2 rings (SSSR count). The standard InChI is InChI=1S/C11H11N5O2S2/c1-8-7-10(5-4-9(8)3-2-6-12)20(17,18)14-11-13-15-16-19-11/h4-5,7H,6,12H2,1H3,(H,13,14,16). The first kappa shape index (κ1) is 14.4. The van der Waals surface area contributed by atoms with E-state index in [1.54, 1.807) is 13.0 Å². The minimum atomic E-state index is -3.70. The van der Waals surface area contributed by atoms with Crippen molar-refractivity contribution in [2.45, 2.75) is 11.8 Å². The summed E-state index contributed by atoms with van der Waals surface area (Å²) in [5, 5.41) is 6.99. The van der Waals surface area contributed by atoms with E-state index >= 15 is 0 Å². The van der Waals surface area contributed by atoms with Crippen molar-refractivity contribution in [3.05, 3.63) is 29.3 Å². The highest BCUT2D eigenvalue weighted by molar-refractivity contribution is 7.93. The predicted molar refractivity (Wildman–Crippen MR) is 75.6 cm³/mol. The van der Waals surface area contributed by atoms with Gasteiger partial charge in [-0.3, -0.25) is 4.72 Å². The lowest BCUT2D eigenvalue weighted by atomic mass is 10.1. The van der Waals surface area contributed by atoms with Crippen LogP contribution in [0.25, 0.3) is 0 Å². The fourth-order valence-corrected chi connectivity index (χ4v) is 3.11. The summed E-state index contributed by atoms with van der Waals surface area (Å²) in [5.74, 6) is 5.60. The second-order valence-electron chi connectivity index (χ2n) is 3.76. The van der Waals surface area contributed by atoms with Gasteiger partial charge in [0.05, 0.1) is 11.4 Å². The number of anilines is 1. The van der Waals surface area contributed by atoms with Gasteiger partial charge in [-0.2, -0.15) is 0 Å². The first-order valence-corrected chi connectivity index (χ1v) is 7.76. The fourth-order valence-electron chi connectivity index (χ4n) is 1.44.